The van der Waals surface area contributed by atoms with E-state index in [9.17, 15) is 4.79 Å². The van der Waals surface area contributed by atoms with Gasteiger partial charge in [-0.1, -0.05) is 0 Å². The minimum atomic E-state index is -0.168. The highest BCUT2D eigenvalue weighted by atomic mass is 16.1. The summed E-state index contributed by atoms with van der Waals surface area (Å²) in [4.78, 5) is 16.4. The fourth-order valence-electron chi connectivity index (χ4n) is 2.79. The molecule has 0 aromatic carbocycles. The van der Waals surface area contributed by atoms with Crippen molar-refractivity contribution in [3.63, 3.8) is 0 Å². The van der Waals surface area contributed by atoms with E-state index >= 15 is 0 Å². The summed E-state index contributed by atoms with van der Waals surface area (Å²) in [6, 6.07) is 4.24. The lowest BCUT2D eigenvalue weighted by Gasteiger charge is -2.47. The molecular formula is C14H22N6O. The van der Waals surface area contributed by atoms with Crippen LogP contribution in [0.5, 0.6) is 0 Å². The van der Waals surface area contributed by atoms with Crippen LogP contribution in [0.4, 0.5) is 5.82 Å². The Morgan fingerprint density at radius 1 is 1.33 bits per heavy atom. The molecule has 0 aliphatic carbocycles. The Labute approximate surface area is 124 Å². The number of amides is 1. The average molecular weight is 290 g/mol. The molecule has 1 aromatic rings. The predicted molar refractivity (Wildman–Crippen MR) is 80.5 cm³/mol. The van der Waals surface area contributed by atoms with Crippen molar-refractivity contribution >= 4 is 11.7 Å². The van der Waals surface area contributed by atoms with E-state index in [-0.39, 0.29) is 5.91 Å². The van der Waals surface area contributed by atoms with Gasteiger partial charge in [0, 0.05) is 51.9 Å². The maximum absolute atomic E-state index is 11.6. The highest BCUT2D eigenvalue weighted by molar-refractivity contribution is 5.92. The first-order valence-corrected chi connectivity index (χ1v) is 7.59. The molecule has 21 heavy (non-hydrogen) atoms. The highest BCUT2D eigenvalue weighted by Crippen LogP contribution is 2.21. The van der Waals surface area contributed by atoms with Crippen molar-refractivity contribution in [1.29, 1.82) is 0 Å². The van der Waals surface area contributed by atoms with Crippen molar-refractivity contribution in [2.24, 2.45) is 0 Å². The molecule has 0 atom stereocenters. The largest absolute Gasteiger partial charge is 0.352 e. The molecule has 2 fully saturated rings. The summed E-state index contributed by atoms with van der Waals surface area (Å²) in [6.45, 7) is 8.89. The normalized spacial score (nSPS) is 20.1. The lowest BCUT2D eigenvalue weighted by Crippen LogP contribution is -2.63. The van der Waals surface area contributed by atoms with Crippen LogP contribution in [0.15, 0.2) is 12.1 Å². The van der Waals surface area contributed by atoms with Gasteiger partial charge in [0.1, 0.15) is 0 Å². The Bertz CT molecular complexity index is 479. The van der Waals surface area contributed by atoms with Crippen LogP contribution in [0.2, 0.25) is 0 Å². The molecule has 1 aromatic heterocycles. The molecule has 114 valence electrons. The summed E-state index contributed by atoms with van der Waals surface area (Å²) in [5.41, 5.74) is 0.375. The van der Waals surface area contributed by atoms with Gasteiger partial charge in [-0.25, -0.2) is 0 Å². The number of hydrogen-bond donors (Lipinski definition) is 2. The molecule has 0 unspecified atom stereocenters. The van der Waals surface area contributed by atoms with E-state index in [0.29, 0.717) is 18.3 Å². The lowest BCUT2D eigenvalue weighted by molar-refractivity contribution is 0.0949. The zero-order valence-corrected chi connectivity index (χ0v) is 12.4. The molecule has 0 saturated carbocycles. The van der Waals surface area contributed by atoms with Gasteiger partial charge in [-0.15, -0.1) is 10.2 Å². The average Bonchev–Trinajstić information content (AvgIpc) is 2.48. The van der Waals surface area contributed by atoms with Crippen molar-refractivity contribution in [2.45, 2.75) is 13.0 Å². The molecular weight excluding hydrogens is 268 g/mol. The topological polar surface area (TPSA) is 73.4 Å². The van der Waals surface area contributed by atoms with Gasteiger partial charge in [-0.05, 0) is 19.1 Å². The molecule has 3 heterocycles. The maximum Gasteiger partial charge on any atom is 0.271 e. The molecule has 2 aliphatic heterocycles. The Balaban J connectivity index is 1.53. The van der Waals surface area contributed by atoms with Crippen LogP contribution in [0.1, 0.15) is 17.4 Å². The molecule has 2 saturated heterocycles. The van der Waals surface area contributed by atoms with Crippen molar-refractivity contribution in [2.75, 3.05) is 50.7 Å². The molecule has 1 amide bonds. The second-order valence-corrected chi connectivity index (χ2v) is 5.48. The third kappa shape index (κ3) is 3.14. The summed E-state index contributed by atoms with van der Waals surface area (Å²) in [6.07, 6.45) is 0. The monoisotopic (exact) mass is 290 g/mol. The number of carbonyl (C=O) groups is 1. The minimum absolute atomic E-state index is 0.168. The summed E-state index contributed by atoms with van der Waals surface area (Å²) < 4.78 is 0. The van der Waals surface area contributed by atoms with E-state index in [4.69, 9.17) is 0 Å². The molecule has 7 heteroatoms. The standard InChI is InChI=1S/C14H22N6O/c1-2-16-14(21)12-3-4-13(18-17-12)20-9-11(10-20)19-7-5-15-6-8-19/h3-4,11,15H,2,5-10H2,1H3,(H,16,21). The molecule has 0 spiro atoms. The van der Waals surface area contributed by atoms with Crippen molar-refractivity contribution in [1.82, 2.24) is 25.7 Å². The number of aromatic nitrogens is 2. The van der Waals surface area contributed by atoms with Gasteiger partial charge in [-0.2, -0.15) is 0 Å². The van der Waals surface area contributed by atoms with Gasteiger partial charge >= 0.3 is 0 Å². The third-order valence-corrected chi connectivity index (χ3v) is 4.07. The van der Waals surface area contributed by atoms with E-state index in [1.54, 1.807) is 6.07 Å². The van der Waals surface area contributed by atoms with Crippen molar-refractivity contribution in [3.8, 4) is 0 Å². The number of anilines is 1. The second kappa shape index (κ2) is 6.36. The van der Waals surface area contributed by atoms with Crippen LogP contribution in [-0.4, -0.2) is 72.9 Å². The second-order valence-electron chi connectivity index (χ2n) is 5.48. The summed E-state index contributed by atoms with van der Waals surface area (Å²) in [5.74, 6) is 0.688. The van der Waals surface area contributed by atoms with Gasteiger partial charge in [-0.3, -0.25) is 9.69 Å². The van der Waals surface area contributed by atoms with Gasteiger partial charge in [0.15, 0.2) is 11.5 Å². The Morgan fingerprint density at radius 3 is 2.71 bits per heavy atom. The summed E-state index contributed by atoms with van der Waals surface area (Å²) in [5, 5.41) is 14.3. The van der Waals surface area contributed by atoms with Crippen molar-refractivity contribution in [3.05, 3.63) is 17.8 Å². The van der Waals surface area contributed by atoms with Crippen LogP contribution >= 0.6 is 0 Å². The predicted octanol–water partition coefficient (Wildman–Crippen LogP) is -0.680. The van der Waals surface area contributed by atoms with E-state index in [0.717, 1.165) is 45.1 Å². The molecule has 0 radical (unpaired) electrons. The zero-order chi connectivity index (χ0) is 14.7. The van der Waals surface area contributed by atoms with E-state index in [1.807, 2.05) is 13.0 Å². The Hall–Kier alpha value is -1.73. The quantitative estimate of drug-likeness (QED) is 0.765. The highest BCUT2D eigenvalue weighted by Gasteiger charge is 2.33. The van der Waals surface area contributed by atoms with E-state index in [1.165, 1.54) is 0 Å². The zero-order valence-electron chi connectivity index (χ0n) is 12.4. The number of hydrogen-bond acceptors (Lipinski definition) is 6. The van der Waals surface area contributed by atoms with E-state index < -0.39 is 0 Å². The van der Waals surface area contributed by atoms with Gasteiger partial charge in [0.2, 0.25) is 0 Å². The molecule has 7 nitrogen and oxygen atoms in total. The first-order chi connectivity index (χ1) is 10.3. The number of nitrogens with one attached hydrogen (secondary N) is 2. The number of rotatable bonds is 4. The summed E-state index contributed by atoms with van der Waals surface area (Å²) >= 11 is 0. The number of nitrogens with zero attached hydrogens (tertiary/aromatic N) is 4. The Morgan fingerprint density at radius 2 is 2.10 bits per heavy atom. The van der Waals surface area contributed by atoms with Gasteiger partial charge in [0.05, 0.1) is 0 Å². The van der Waals surface area contributed by atoms with Crippen LogP contribution in [-0.2, 0) is 0 Å². The molecule has 2 N–H and O–H groups in total. The van der Waals surface area contributed by atoms with Gasteiger partial charge in [0.25, 0.3) is 5.91 Å². The first kappa shape index (κ1) is 14.2. The van der Waals surface area contributed by atoms with Crippen LogP contribution < -0.4 is 15.5 Å². The first-order valence-electron chi connectivity index (χ1n) is 7.59. The number of carbonyl (C=O) groups excluding carboxylic acids is 1. The third-order valence-electron chi connectivity index (χ3n) is 4.07. The number of piperazine rings is 1. The van der Waals surface area contributed by atoms with Gasteiger partial charge < -0.3 is 15.5 Å². The molecule has 0 bridgehead atoms. The molecule has 3 rings (SSSR count). The minimum Gasteiger partial charge on any atom is -0.352 e. The van der Waals surface area contributed by atoms with Crippen LogP contribution in [0, 0.1) is 0 Å². The fourth-order valence-corrected chi connectivity index (χ4v) is 2.79. The molecule has 2 aliphatic rings. The fraction of sp³-hybridized carbons (Fsp3) is 0.643. The van der Waals surface area contributed by atoms with Crippen molar-refractivity contribution < 1.29 is 4.79 Å². The van der Waals surface area contributed by atoms with Crippen LogP contribution in [0.3, 0.4) is 0 Å². The maximum atomic E-state index is 11.6. The smallest absolute Gasteiger partial charge is 0.271 e. The van der Waals surface area contributed by atoms with Crippen LogP contribution in [0.25, 0.3) is 0 Å². The van der Waals surface area contributed by atoms with E-state index in [2.05, 4.69) is 30.6 Å². The summed E-state index contributed by atoms with van der Waals surface area (Å²) in [7, 11) is 0. The SMILES string of the molecule is CCNC(=O)c1ccc(N2CC(N3CCNCC3)C2)nn1. The lowest BCUT2D eigenvalue weighted by atomic mass is 10.1. The Kier molecular flexibility index (Phi) is 4.31.